The first-order valence-corrected chi connectivity index (χ1v) is 31.1. The average Bonchev–Trinajstić information content (AvgIpc) is 1.82. The Kier molecular flexibility index (Phi) is 21.8. The number of hydrogen-bond donors (Lipinski definition) is 7. The molecule has 22 heteroatoms. The number of fused-ring (bicyclic) bond motifs is 2. The van der Waals surface area contributed by atoms with Gasteiger partial charge in [0.2, 0.25) is 35.3 Å². The highest BCUT2D eigenvalue weighted by atomic mass is 16.2. The summed E-state index contributed by atoms with van der Waals surface area (Å²) in [7, 11) is 0. The molecule has 3 aliphatic heterocycles. The Morgan fingerprint density at radius 2 is 1.37 bits per heavy atom. The summed E-state index contributed by atoms with van der Waals surface area (Å²) in [5, 5.41) is 20.0. The van der Waals surface area contributed by atoms with E-state index in [2.05, 4.69) is 47.2 Å². The van der Waals surface area contributed by atoms with E-state index in [1.807, 2.05) is 27.7 Å². The van der Waals surface area contributed by atoms with Crippen molar-refractivity contribution in [2.24, 2.45) is 23.2 Å². The molecule has 5 fully saturated rings. The molecule has 1 aromatic carbocycles. The second kappa shape index (κ2) is 29.1. The number of Topliss-reactive ketones (excluding diaryl/α,β-unsaturated/α-hetero) is 1. The van der Waals surface area contributed by atoms with Crippen molar-refractivity contribution < 1.29 is 52.7 Å². The van der Waals surface area contributed by atoms with E-state index >= 15 is 0 Å². The number of rotatable bonds is 29. The van der Waals surface area contributed by atoms with E-state index in [-0.39, 0.29) is 65.6 Å². The van der Waals surface area contributed by atoms with Crippen LogP contribution < -0.4 is 37.2 Å². The van der Waals surface area contributed by atoms with Crippen LogP contribution in [0.2, 0.25) is 0 Å². The number of piperidine rings is 1. The number of benzene rings is 1. The van der Waals surface area contributed by atoms with Gasteiger partial charge in [0.05, 0.1) is 29.6 Å². The molecule has 2 saturated heterocycles. The minimum atomic E-state index is -1.08. The zero-order valence-electron chi connectivity index (χ0n) is 49.5. The second-order valence-electron chi connectivity index (χ2n) is 25.1. The largest absolute Gasteiger partial charge is 0.384 e. The summed E-state index contributed by atoms with van der Waals surface area (Å²) in [6.07, 6.45) is 21.8. The number of ketones is 1. The molecular weight excluding hydrogens is 1070 g/mol. The van der Waals surface area contributed by atoms with Crippen LogP contribution in [0.4, 0.5) is 5.69 Å². The molecule has 7 N–H and O–H groups in total. The van der Waals surface area contributed by atoms with E-state index in [0.29, 0.717) is 44.6 Å². The van der Waals surface area contributed by atoms with Gasteiger partial charge in [-0.25, -0.2) is 9.97 Å². The van der Waals surface area contributed by atoms with Gasteiger partial charge in [0.15, 0.2) is 0 Å². The van der Waals surface area contributed by atoms with Gasteiger partial charge in [-0.1, -0.05) is 117 Å². The van der Waals surface area contributed by atoms with Crippen LogP contribution in [0, 0.1) is 23.2 Å². The van der Waals surface area contributed by atoms with Gasteiger partial charge in [0, 0.05) is 37.8 Å². The first-order chi connectivity index (χ1) is 40.4. The number of amides is 10. The average molecular weight is 1160 g/mol. The van der Waals surface area contributed by atoms with Crippen LogP contribution in [0.1, 0.15) is 223 Å². The van der Waals surface area contributed by atoms with Gasteiger partial charge >= 0.3 is 0 Å². The third-order valence-electron chi connectivity index (χ3n) is 17.7. The van der Waals surface area contributed by atoms with Crippen LogP contribution >= 0.6 is 0 Å². The van der Waals surface area contributed by atoms with Gasteiger partial charge in [-0.3, -0.25) is 63.0 Å². The number of likely N-dealkylation sites (tertiary alicyclic amines) is 1. The molecule has 3 saturated carbocycles. The summed E-state index contributed by atoms with van der Waals surface area (Å²) in [5.74, 6) is -6.30. The third-order valence-corrected chi connectivity index (χ3v) is 17.7. The molecule has 0 radical (unpaired) electrons. The van der Waals surface area contributed by atoms with Crippen molar-refractivity contribution >= 4 is 70.5 Å². The molecule has 456 valence electrons. The second-order valence-corrected chi connectivity index (χ2v) is 25.1. The summed E-state index contributed by atoms with van der Waals surface area (Å²) in [6.45, 7) is 8.79. The summed E-state index contributed by atoms with van der Waals surface area (Å²) in [5.41, 5.74) is 0.234. The third kappa shape index (κ3) is 15.8. The predicted molar refractivity (Wildman–Crippen MR) is 311 cm³/mol. The maximum Gasteiger partial charge on any atom is 0.289 e. The fourth-order valence-electron chi connectivity index (χ4n) is 12.9. The molecule has 2 unspecified atom stereocenters. The molecule has 0 bridgehead atoms. The van der Waals surface area contributed by atoms with Crippen LogP contribution in [0.5, 0.6) is 0 Å². The molecule has 10 amide bonds. The summed E-state index contributed by atoms with van der Waals surface area (Å²) in [6, 6.07) is 0.0128. The zero-order valence-corrected chi connectivity index (χ0v) is 49.5. The monoisotopic (exact) mass is 1160 g/mol. The molecule has 6 aliphatic rings. The molecular formula is C62H87N11O11. The summed E-state index contributed by atoms with van der Waals surface area (Å²) in [4.78, 5) is 158. The molecule has 7 atom stereocenters. The van der Waals surface area contributed by atoms with Crippen molar-refractivity contribution in [1.82, 2.24) is 51.7 Å². The lowest BCUT2D eigenvalue weighted by Crippen LogP contribution is -2.62. The Morgan fingerprint density at radius 3 is 2.00 bits per heavy atom. The van der Waals surface area contributed by atoms with Crippen LogP contribution in [-0.2, 0) is 33.6 Å². The van der Waals surface area contributed by atoms with E-state index in [9.17, 15) is 52.7 Å². The Bertz CT molecular complexity index is 2770. The highest BCUT2D eigenvalue weighted by molar-refractivity contribution is 6.38. The molecule has 22 nitrogen and oxygen atoms in total. The first-order valence-electron chi connectivity index (χ1n) is 31.1. The molecule has 0 spiro atoms. The molecule has 84 heavy (non-hydrogen) atoms. The van der Waals surface area contributed by atoms with Gasteiger partial charge in [-0.2, -0.15) is 0 Å². The van der Waals surface area contributed by atoms with Crippen molar-refractivity contribution in [3.8, 4) is 0 Å². The van der Waals surface area contributed by atoms with Crippen molar-refractivity contribution in [3.63, 3.8) is 0 Å². The lowest BCUT2D eigenvalue weighted by atomic mass is 9.82. The number of carbonyl (C=O) groups is 11. The van der Waals surface area contributed by atoms with Crippen LogP contribution in [0.25, 0.3) is 0 Å². The predicted octanol–water partition coefficient (Wildman–Crippen LogP) is 5.59. The standard InChI is InChI=1S/C62H87N11O11/c1-5-21-43(51(75)58(81)67-39-28-29-39)68-57(80)50-40-25-19-24-38(40)36-72(50)61(84)52(62(2,3)4)71-56(79)49(37-22-15-14-16-23-37)70-54(77)45-35-65-44(34-66-45)53(76)64-33-18-13-11-9-7-6-8-10-12-17-32-63-42-27-20-26-41-48(42)60(83)73(59(41)82)46-30-31-47(74)69-55(46)78/h20,26-27,34-35,37-40,43,46,49-50,52,63H,5-19,21-25,28-33,36H2,1-4H3,(H,64,76)(H,67,81)(H,68,80)(H,70,77)(H,71,79)(H,69,74,78)/t38-,40?,43-,46?,49-,50-,52+/m0/s1. The molecule has 8 rings (SSSR count). The quantitative estimate of drug-likeness (QED) is 0.0297. The lowest BCUT2D eigenvalue weighted by molar-refractivity contribution is -0.146. The number of nitrogens with one attached hydrogen (secondary N) is 7. The normalized spacial score (nSPS) is 21.6. The van der Waals surface area contributed by atoms with Gasteiger partial charge in [-0.05, 0) is 99.5 Å². The van der Waals surface area contributed by atoms with E-state index in [0.717, 1.165) is 120 Å². The van der Waals surface area contributed by atoms with E-state index < -0.39 is 100 Å². The van der Waals surface area contributed by atoms with Crippen molar-refractivity contribution in [3.05, 3.63) is 53.1 Å². The molecule has 4 heterocycles. The van der Waals surface area contributed by atoms with Crippen molar-refractivity contribution in [2.75, 3.05) is 25.0 Å². The summed E-state index contributed by atoms with van der Waals surface area (Å²) < 4.78 is 0. The number of aromatic nitrogens is 2. The van der Waals surface area contributed by atoms with Gasteiger partial charge < -0.3 is 36.8 Å². The van der Waals surface area contributed by atoms with E-state index in [1.165, 1.54) is 12.4 Å². The Balaban J connectivity index is 0.743. The maximum atomic E-state index is 14.9. The summed E-state index contributed by atoms with van der Waals surface area (Å²) >= 11 is 0. The minimum absolute atomic E-state index is 0.0221. The van der Waals surface area contributed by atoms with E-state index in [4.69, 9.17) is 0 Å². The Morgan fingerprint density at radius 1 is 0.714 bits per heavy atom. The van der Waals surface area contributed by atoms with Crippen LogP contribution in [0.15, 0.2) is 30.6 Å². The zero-order chi connectivity index (χ0) is 60.1. The number of unbranched alkanes of at least 4 members (excludes halogenated alkanes) is 9. The lowest BCUT2D eigenvalue weighted by Gasteiger charge is -2.38. The number of carbonyl (C=O) groups excluding carboxylic acids is 11. The van der Waals surface area contributed by atoms with Crippen LogP contribution in [0.3, 0.4) is 0 Å². The fraction of sp³-hybridized carbons (Fsp3) is 0.661. The van der Waals surface area contributed by atoms with Gasteiger partial charge in [-0.15, -0.1) is 0 Å². The Hall–Kier alpha value is -7.13. The topological polar surface area (TPSA) is 304 Å². The first kappa shape index (κ1) is 62.9. The number of anilines is 1. The smallest absolute Gasteiger partial charge is 0.289 e. The Labute approximate surface area is 492 Å². The van der Waals surface area contributed by atoms with Crippen LogP contribution in [-0.4, -0.2) is 141 Å². The molecule has 2 aromatic rings. The maximum absolute atomic E-state index is 14.9. The molecule has 3 aliphatic carbocycles. The highest BCUT2D eigenvalue weighted by Gasteiger charge is 2.53. The van der Waals surface area contributed by atoms with Crippen molar-refractivity contribution in [2.45, 2.75) is 218 Å². The fourth-order valence-corrected chi connectivity index (χ4v) is 12.9. The van der Waals surface area contributed by atoms with Crippen molar-refractivity contribution in [1.29, 1.82) is 0 Å². The number of imide groups is 2. The number of hydrogen-bond acceptors (Lipinski definition) is 14. The van der Waals surface area contributed by atoms with Gasteiger partial charge in [0.25, 0.3) is 29.5 Å². The highest BCUT2D eigenvalue weighted by Crippen LogP contribution is 2.43. The minimum Gasteiger partial charge on any atom is -0.384 e. The van der Waals surface area contributed by atoms with E-state index in [1.54, 1.807) is 23.1 Å². The molecule has 1 aromatic heterocycles. The number of nitrogens with zero attached hydrogens (tertiary/aromatic N) is 4. The SMILES string of the molecule is CCC[C@H](NC(=O)[C@@H]1C2CCC[C@H]2CN1C(=O)[C@@H](NC(=O)[C@@H](NC(=O)c1cnc(C(=O)NCCCCCCCCCCCCNc2cccc3c2C(=O)N(C2CCC(=O)NC2=O)C3=O)cn1)C1CCCCC1)C(C)(C)C)C(=O)C(=O)NC1CC1. The van der Waals surface area contributed by atoms with Gasteiger partial charge in [0.1, 0.15) is 35.6 Å².